The van der Waals surface area contributed by atoms with Crippen LogP contribution in [0.5, 0.6) is 0 Å². The number of halogens is 1. The van der Waals surface area contributed by atoms with Crippen molar-refractivity contribution in [3.63, 3.8) is 0 Å². The molecule has 31 heavy (non-hydrogen) atoms. The molecule has 4 rings (SSSR count). The summed E-state index contributed by atoms with van der Waals surface area (Å²) in [5.74, 6) is -1.72. The number of nitrogens with zero attached hydrogens (tertiary/aromatic N) is 3. The molecule has 10 heteroatoms. The van der Waals surface area contributed by atoms with Gasteiger partial charge in [-0.05, 0) is 37.3 Å². The highest BCUT2D eigenvalue weighted by atomic mass is 19.1. The highest BCUT2D eigenvalue weighted by Crippen LogP contribution is 2.21. The summed E-state index contributed by atoms with van der Waals surface area (Å²) in [6.07, 6.45) is 1.30. The third kappa shape index (κ3) is 3.78. The number of carbonyl (C=O) groups is 2. The van der Waals surface area contributed by atoms with Crippen molar-refractivity contribution in [3.8, 4) is 11.3 Å². The number of hydrogen-bond donors (Lipinski definition) is 3. The second kappa shape index (κ2) is 8.19. The van der Waals surface area contributed by atoms with Crippen LogP contribution in [-0.2, 0) is 6.54 Å². The van der Waals surface area contributed by atoms with Gasteiger partial charge in [-0.1, -0.05) is 18.2 Å². The van der Waals surface area contributed by atoms with E-state index in [1.807, 2.05) is 0 Å². The minimum atomic E-state index is -0.682. The van der Waals surface area contributed by atoms with E-state index in [0.717, 1.165) is 0 Å². The molecule has 0 saturated carbocycles. The number of H-pyrrole nitrogens is 1. The number of benzene rings is 2. The highest BCUT2D eigenvalue weighted by molar-refractivity contribution is 6.06. The molecule has 9 nitrogen and oxygen atoms in total. The molecule has 2 aromatic heterocycles. The molecule has 2 amide bonds. The van der Waals surface area contributed by atoms with Crippen LogP contribution in [0.4, 0.5) is 4.39 Å². The van der Waals surface area contributed by atoms with E-state index in [-0.39, 0.29) is 23.4 Å². The van der Waals surface area contributed by atoms with Crippen LogP contribution >= 0.6 is 0 Å². The van der Waals surface area contributed by atoms with E-state index in [4.69, 9.17) is 0 Å². The Balaban J connectivity index is 1.57. The second-order valence-corrected chi connectivity index (χ2v) is 6.59. The molecule has 156 valence electrons. The molecule has 2 aromatic carbocycles. The summed E-state index contributed by atoms with van der Waals surface area (Å²) in [5.41, 5.74) is 5.42. The minimum Gasteiger partial charge on any atom is -0.277 e. The lowest BCUT2D eigenvalue weighted by molar-refractivity contribution is 0.0844. The SMILES string of the molecule is CCn1nc(C(=O)NNC(=O)c2cn[nH]c2-c2ccc(F)cc2)c2ccccc2c1=O. The van der Waals surface area contributed by atoms with E-state index in [1.54, 1.807) is 31.2 Å². The summed E-state index contributed by atoms with van der Waals surface area (Å²) in [6.45, 7) is 2.02. The fraction of sp³-hybridized carbons (Fsp3) is 0.0952. The molecule has 0 aliphatic carbocycles. The molecule has 0 aliphatic heterocycles. The first-order chi connectivity index (χ1) is 15.0. The molecular formula is C21H17FN6O3. The molecule has 0 radical (unpaired) electrons. The average molecular weight is 420 g/mol. The Morgan fingerprint density at radius 2 is 1.71 bits per heavy atom. The van der Waals surface area contributed by atoms with E-state index >= 15 is 0 Å². The van der Waals surface area contributed by atoms with Crippen LogP contribution in [0.1, 0.15) is 27.8 Å². The van der Waals surface area contributed by atoms with Gasteiger partial charge in [-0.25, -0.2) is 9.07 Å². The Morgan fingerprint density at radius 1 is 1.03 bits per heavy atom. The monoisotopic (exact) mass is 420 g/mol. The summed E-state index contributed by atoms with van der Waals surface area (Å²) >= 11 is 0. The van der Waals surface area contributed by atoms with Crippen LogP contribution in [-0.4, -0.2) is 31.8 Å². The van der Waals surface area contributed by atoms with Gasteiger partial charge >= 0.3 is 0 Å². The van der Waals surface area contributed by atoms with E-state index in [0.29, 0.717) is 22.0 Å². The van der Waals surface area contributed by atoms with E-state index in [2.05, 4.69) is 26.1 Å². The molecule has 0 unspecified atom stereocenters. The number of aromatic amines is 1. The number of hydrazine groups is 1. The van der Waals surface area contributed by atoms with Crippen molar-refractivity contribution in [2.45, 2.75) is 13.5 Å². The maximum atomic E-state index is 13.2. The number of amides is 2. The third-order valence-corrected chi connectivity index (χ3v) is 4.69. The summed E-state index contributed by atoms with van der Waals surface area (Å²) in [4.78, 5) is 37.8. The second-order valence-electron chi connectivity index (χ2n) is 6.59. The normalized spacial score (nSPS) is 10.8. The standard InChI is InChI=1S/C21H17FN6O3/c1-2-28-21(31)15-6-4-3-5-14(15)18(27-28)20(30)26-25-19(29)16-11-23-24-17(16)12-7-9-13(22)10-8-12/h3-11H,2H2,1H3,(H,23,24)(H,25,29)(H,26,30). The molecule has 4 aromatic rings. The molecule has 2 heterocycles. The summed E-state index contributed by atoms with van der Waals surface area (Å²) in [5, 5.41) is 11.4. The number of aryl methyl sites for hydroxylation is 1. The van der Waals surface area contributed by atoms with Crippen LogP contribution in [0.2, 0.25) is 0 Å². The predicted molar refractivity (Wildman–Crippen MR) is 111 cm³/mol. The van der Waals surface area contributed by atoms with Crippen molar-refractivity contribution < 1.29 is 14.0 Å². The number of nitrogens with one attached hydrogen (secondary N) is 3. The number of aromatic nitrogens is 4. The van der Waals surface area contributed by atoms with Crippen LogP contribution < -0.4 is 16.4 Å². The Kier molecular flexibility index (Phi) is 5.27. The van der Waals surface area contributed by atoms with Gasteiger partial charge in [0.25, 0.3) is 17.4 Å². The maximum absolute atomic E-state index is 13.2. The molecule has 0 atom stereocenters. The lowest BCUT2D eigenvalue weighted by atomic mass is 10.1. The Hall–Kier alpha value is -4.34. The Morgan fingerprint density at radius 3 is 2.42 bits per heavy atom. The number of hydrogen-bond acceptors (Lipinski definition) is 5. The van der Waals surface area contributed by atoms with Gasteiger partial charge in [0.15, 0.2) is 5.69 Å². The van der Waals surface area contributed by atoms with Crippen molar-refractivity contribution in [1.82, 2.24) is 30.8 Å². The van der Waals surface area contributed by atoms with Crippen molar-refractivity contribution in [3.05, 3.63) is 82.2 Å². The highest BCUT2D eigenvalue weighted by Gasteiger charge is 2.19. The number of rotatable bonds is 4. The third-order valence-electron chi connectivity index (χ3n) is 4.69. The molecular weight excluding hydrogens is 403 g/mol. The van der Waals surface area contributed by atoms with Crippen LogP contribution in [0, 0.1) is 5.82 Å². The van der Waals surface area contributed by atoms with Gasteiger partial charge in [0, 0.05) is 17.5 Å². The zero-order valence-corrected chi connectivity index (χ0v) is 16.3. The number of carbonyl (C=O) groups excluding carboxylic acids is 2. The zero-order chi connectivity index (χ0) is 22.0. The smallest absolute Gasteiger partial charge is 0.277 e. The van der Waals surface area contributed by atoms with Crippen molar-refractivity contribution >= 4 is 22.6 Å². The van der Waals surface area contributed by atoms with Crippen LogP contribution in [0.15, 0.2) is 59.5 Å². The summed E-state index contributed by atoms with van der Waals surface area (Å²) < 4.78 is 14.4. The lowest BCUT2D eigenvalue weighted by Crippen LogP contribution is -2.42. The lowest BCUT2D eigenvalue weighted by Gasteiger charge is -2.11. The first kappa shape index (κ1) is 20.0. The molecule has 3 N–H and O–H groups in total. The molecule has 0 fully saturated rings. The topological polar surface area (TPSA) is 122 Å². The molecule has 0 aliphatic rings. The predicted octanol–water partition coefficient (Wildman–Crippen LogP) is 2.02. The first-order valence-electron chi connectivity index (χ1n) is 9.39. The van der Waals surface area contributed by atoms with Gasteiger partial charge in [-0.2, -0.15) is 10.2 Å². The average Bonchev–Trinajstić information content (AvgIpc) is 3.28. The minimum absolute atomic E-state index is 0.00306. The zero-order valence-electron chi connectivity index (χ0n) is 16.3. The van der Waals surface area contributed by atoms with E-state index < -0.39 is 17.6 Å². The Bertz CT molecular complexity index is 1340. The largest absolute Gasteiger partial charge is 0.290 e. The van der Waals surface area contributed by atoms with Gasteiger partial charge in [0.1, 0.15) is 5.82 Å². The number of fused-ring (bicyclic) bond motifs is 1. The Labute approximate surface area is 174 Å². The first-order valence-corrected chi connectivity index (χ1v) is 9.39. The van der Waals surface area contributed by atoms with Crippen molar-refractivity contribution in [2.24, 2.45) is 0 Å². The summed E-state index contributed by atoms with van der Waals surface area (Å²) in [7, 11) is 0. The van der Waals surface area contributed by atoms with Gasteiger partial charge in [-0.3, -0.25) is 30.3 Å². The van der Waals surface area contributed by atoms with Gasteiger partial charge in [0.2, 0.25) is 0 Å². The van der Waals surface area contributed by atoms with Crippen LogP contribution in [0.25, 0.3) is 22.0 Å². The summed E-state index contributed by atoms with van der Waals surface area (Å²) in [6, 6.07) is 12.1. The maximum Gasteiger partial charge on any atom is 0.290 e. The van der Waals surface area contributed by atoms with Gasteiger partial charge in [0.05, 0.1) is 22.8 Å². The van der Waals surface area contributed by atoms with Crippen molar-refractivity contribution in [1.29, 1.82) is 0 Å². The quantitative estimate of drug-likeness (QED) is 0.436. The molecule has 0 spiro atoms. The van der Waals surface area contributed by atoms with E-state index in [9.17, 15) is 18.8 Å². The fourth-order valence-electron chi connectivity index (χ4n) is 3.15. The fourth-order valence-corrected chi connectivity index (χ4v) is 3.15. The van der Waals surface area contributed by atoms with E-state index in [1.165, 1.54) is 35.1 Å². The van der Waals surface area contributed by atoms with Crippen molar-refractivity contribution in [2.75, 3.05) is 0 Å². The van der Waals surface area contributed by atoms with Gasteiger partial charge in [-0.15, -0.1) is 0 Å². The van der Waals surface area contributed by atoms with Gasteiger partial charge < -0.3 is 0 Å². The van der Waals surface area contributed by atoms with Crippen LogP contribution in [0.3, 0.4) is 0 Å². The molecule has 0 saturated heterocycles. The molecule has 0 bridgehead atoms.